The second-order valence-electron chi connectivity index (χ2n) is 4.39. The van der Waals surface area contributed by atoms with Gasteiger partial charge in [0.1, 0.15) is 0 Å². The van der Waals surface area contributed by atoms with Gasteiger partial charge in [-0.3, -0.25) is 0 Å². The second-order valence-corrected chi connectivity index (χ2v) is 4.39. The van der Waals surface area contributed by atoms with Crippen LogP contribution in [0.5, 0.6) is 0 Å². The normalized spacial score (nSPS) is 18.3. The first-order valence-corrected chi connectivity index (χ1v) is 4.87. The van der Waals surface area contributed by atoms with Crippen LogP contribution < -0.4 is 0 Å². The Balaban J connectivity index is 1.95. The summed E-state index contributed by atoms with van der Waals surface area (Å²) in [6, 6.07) is 0. The van der Waals surface area contributed by atoms with Gasteiger partial charge in [0.2, 0.25) is 0 Å². The molecule has 0 radical (unpaired) electrons. The fourth-order valence-electron chi connectivity index (χ4n) is 1.31. The lowest BCUT2D eigenvalue weighted by Crippen LogP contribution is -2.23. The molecule has 1 nitrogen and oxygen atoms in total. The third-order valence-electron chi connectivity index (χ3n) is 2.35. The monoisotopic (exact) mass is 155 g/mol. The first-order chi connectivity index (χ1) is 5.18. The SMILES string of the molecule is CC(C)CCN(C)CC1CC1. The molecular formula is C10H21N. The van der Waals surface area contributed by atoms with Crippen LogP contribution >= 0.6 is 0 Å². The highest BCUT2D eigenvalue weighted by molar-refractivity contribution is 4.75. The standard InChI is InChI=1S/C10H21N/c1-9(2)6-7-11(3)8-10-4-5-10/h9-10H,4-8H2,1-3H3. The van der Waals surface area contributed by atoms with Crippen molar-refractivity contribution in [3.8, 4) is 0 Å². The summed E-state index contributed by atoms with van der Waals surface area (Å²) in [4.78, 5) is 2.48. The summed E-state index contributed by atoms with van der Waals surface area (Å²) in [5.41, 5.74) is 0. The molecule has 0 aromatic carbocycles. The lowest BCUT2D eigenvalue weighted by Gasteiger charge is -2.16. The minimum Gasteiger partial charge on any atom is -0.306 e. The van der Waals surface area contributed by atoms with Gasteiger partial charge in [0.05, 0.1) is 0 Å². The highest BCUT2D eigenvalue weighted by Crippen LogP contribution is 2.29. The summed E-state index contributed by atoms with van der Waals surface area (Å²) in [6.45, 7) is 7.22. The molecule has 0 aromatic heterocycles. The molecule has 0 bridgehead atoms. The van der Waals surface area contributed by atoms with E-state index in [1.165, 1.54) is 32.4 Å². The maximum absolute atomic E-state index is 2.48. The van der Waals surface area contributed by atoms with E-state index >= 15 is 0 Å². The fourth-order valence-corrected chi connectivity index (χ4v) is 1.31. The van der Waals surface area contributed by atoms with Crippen LogP contribution in [0.25, 0.3) is 0 Å². The molecule has 1 heteroatoms. The molecule has 0 aromatic rings. The summed E-state index contributed by atoms with van der Waals surface area (Å²) >= 11 is 0. The van der Waals surface area contributed by atoms with E-state index in [1.807, 2.05) is 0 Å². The van der Waals surface area contributed by atoms with Gasteiger partial charge >= 0.3 is 0 Å². The summed E-state index contributed by atoms with van der Waals surface area (Å²) in [7, 11) is 2.25. The second kappa shape index (κ2) is 4.10. The summed E-state index contributed by atoms with van der Waals surface area (Å²) in [5, 5.41) is 0. The van der Waals surface area contributed by atoms with E-state index in [0.717, 1.165) is 11.8 Å². The zero-order valence-electron chi connectivity index (χ0n) is 8.14. The topological polar surface area (TPSA) is 3.24 Å². The van der Waals surface area contributed by atoms with E-state index in [-0.39, 0.29) is 0 Å². The molecule has 0 atom stereocenters. The van der Waals surface area contributed by atoms with Gasteiger partial charge in [0, 0.05) is 6.54 Å². The molecular weight excluding hydrogens is 134 g/mol. The number of hydrogen-bond acceptors (Lipinski definition) is 1. The Bertz CT molecular complexity index is 105. The van der Waals surface area contributed by atoms with E-state index in [0.29, 0.717) is 0 Å². The Labute approximate surface area is 70.8 Å². The molecule has 0 saturated heterocycles. The van der Waals surface area contributed by atoms with Crippen molar-refractivity contribution in [2.24, 2.45) is 11.8 Å². The number of rotatable bonds is 5. The van der Waals surface area contributed by atoms with E-state index in [1.54, 1.807) is 0 Å². The zero-order valence-corrected chi connectivity index (χ0v) is 8.14. The third-order valence-corrected chi connectivity index (χ3v) is 2.35. The van der Waals surface area contributed by atoms with Gasteiger partial charge in [0.15, 0.2) is 0 Å². The molecule has 1 aliphatic rings. The van der Waals surface area contributed by atoms with E-state index in [9.17, 15) is 0 Å². The minimum atomic E-state index is 0.858. The quantitative estimate of drug-likeness (QED) is 0.589. The number of nitrogens with zero attached hydrogens (tertiary/aromatic N) is 1. The average molecular weight is 155 g/mol. The first-order valence-electron chi connectivity index (χ1n) is 4.87. The maximum Gasteiger partial charge on any atom is 0.000661 e. The van der Waals surface area contributed by atoms with Gasteiger partial charge in [-0.15, -0.1) is 0 Å². The lowest BCUT2D eigenvalue weighted by atomic mass is 10.1. The van der Waals surface area contributed by atoms with Crippen LogP contribution in [-0.2, 0) is 0 Å². The maximum atomic E-state index is 2.48. The highest BCUT2D eigenvalue weighted by atomic mass is 15.1. The van der Waals surface area contributed by atoms with Crippen LogP contribution in [0.4, 0.5) is 0 Å². The van der Waals surface area contributed by atoms with Crippen LogP contribution in [0.15, 0.2) is 0 Å². The predicted molar refractivity (Wildman–Crippen MR) is 49.7 cm³/mol. The summed E-state index contributed by atoms with van der Waals surface area (Å²) < 4.78 is 0. The van der Waals surface area contributed by atoms with E-state index < -0.39 is 0 Å². The van der Waals surface area contributed by atoms with Crippen molar-refractivity contribution in [2.75, 3.05) is 20.1 Å². The smallest absolute Gasteiger partial charge is 0.000661 e. The van der Waals surface area contributed by atoms with Gasteiger partial charge in [-0.2, -0.15) is 0 Å². The van der Waals surface area contributed by atoms with Gasteiger partial charge in [-0.05, 0) is 44.7 Å². The lowest BCUT2D eigenvalue weighted by molar-refractivity contribution is 0.299. The van der Waals surface area contributed by atoms with Crippen molar-refractivity contribution in [3.05, 3.63) is 0 Å². The largest absolute Gasteiger partial charge is 0.306 e. The third kappa shape index (κ3) is 4.41. The van der Waals surface area contributed by atoms with Crippen LogP contribution in [0.3, 0.4) is 0 Å². The van der Waals surface area contributed by atoms with Gasteiger partial charge in [-0.1, -0.05) is 13.8 Å². The zero-order chi connectivity index (χ0) is 8.27. The molecule has 1 aliphatic carbocycles. The first kappa shape index (κ1) is 9.05. The Morgan fingerprint density at radius 3 is 2.45 bits per heavy atom. The number of hydrogen-bond donors (Lipinski definition) is 0. The van der Waals surface area contributed by atoms with Gasteiger partial charge in [-0.25, -0.2) is 0 Å². The van der Waals surface area contributed by atoms with Crippen molar-refractivity contribution in [1.82, 2.24) is 4.90 Å². The van der Waals surface area contributed by atoms with Gasteiger partial charge < -0.3 is 4.90 Å². The molecule has 0 spiro atoms. The van der Waals surface area contributed by atoms with Crippen molar-refractivity contribution >= 4 is 0 Å². The predicted octanol–water partition coefficient (Wildman–Crippen LogP) is 2.37. The van der Waals surface area contributed by atoms with E-state index in [4.69, 9.17) is 0 Å². The Kier molecular flexibility index (Phi) is 3.38. The highest BCUT2D eigenvalue weighted by Gasteiger charge is 2.22. The molecule has 0 amide bonds. The molecule has 0 heterocycles. The Hall–Kier alpha value is -0.0400. The van der Waals surface area contributed by atoms with Crippen molar-refractivity contribution in [1.29, 1.82) is 0 Å². The van der Waals surface area contributed by atoms with Crippen LogP contribution in [0.1, 0.15) is 33.1 Å². The molecule has 66 valence electrons. The van der Waals surface area contributed by atoms with Gasteiger partial charge in [0.25, 0.3) is 0 Å². The van der Waals surface area contributed by atoms with Crippen molar-refractivity contribution in [2.45, 2.75) is 33.1 Å². The summed E-state index contributed by atoms with van der Waals surface area (Å²) in [6.07, 6.45) is 4.31. The van der Waals surface area contributed by atoms with E-state index in [2.05, 4.69) is 25.8 Å². The minimum absolute atomic E-state index is 0.858. The fraction of sp³-hybridized carbons (Fsp3) is 1.00. The average Bonchev–Trinajstić information content (AvgIpc) is 2.67. The van der Waals surface area contributed by atoms with Crippen molar-refractivity contribution in [3.63, 3.8) is 0 Å². The molecule has 0 unspecified atom stereocenters. The molecule has 0 aliphatic heterocycles. The van der Waals surface area contributed by atoms with Crippen LogP contribution in [0, 0.1) is 11.8 Å². The van der Waals surface area contributed by atoms with Crippen LogP contribution in [-0.4, -0.2) is 25.0 Å². The van der Waals surface area contributed by atoms with Crippen molar-refractivity contribution < 1.29 is 0 Å². The molecule has 11 heavy (non-hydrogen) atoms. The Morgan fingerprint density at radius 2 is 2.00 bits per heavy atom. The summed E-state index contributed by atoms with van der Waals surface area (Å²) in [5.74, 6) is 1.91. The van der Waals surface area contributed by atoms with Crippen LogP contribution in [0.2, 0.25) is 0 Å². The molecule has 1 rings (SSSR count). The molecule has 1 fully saturated rings. The molecule has 0 N–H and O–H groups in total. The Morgan fingerprint density at radius 1 is 1.36 bits per heavy atom. The molecule has 1 saturated carbocycles.